The summed E-state index contributed by atoms with van der Waals surface area (Å²) < 4.78 is 10.5. The van der Waals surface area contributed by atoms with Crippen molar-refractivity contribution in [3.63, 3.8) is 0 Å². The minimum Gasteiger partial charge on any atom is -0.497 e. The molecule has 0 aliphatic rings. The normalized spacial score (nSPS) is 11.6. The van der Waals surface area contributed by atoms with Crippen molar-refractivity contribution >= 4 is 11.9 Å². The number of methoxy groups -OCH3 is 1. The van der Waals surface area contributed by atoms with E-state index in [0.29, 0.717) is 17.9 Å². The van der Waals surface area contributed by atoms with E-state index in [1.54, 1.807) is 24.3 Å². The molecule has 0 aliphatic carbocycles. The minimum atomic E-state index is -1.12. The van der Waals surface area contributed by atoms with Gasteiger partial charge in [0.15, 0.2) is 6.04 Å². The largest absolute Gasteiger partial charge is 0.497 e. The smallest absolute Gasteiger partial charge is 0.330 e. The molecule has 1 unspecified atom stereocenters. The van der Waals surface area contributed by atoms with Crippen molar-refractivity contribution in [1.29, 1.82) is 0 Å². The summed E-state index contributed by atoms with van der Waals surface area (Å²) in [4.78, 5) is 23.4. The summed E-state index contributed by atoms with van der Waals surface area (Å²) in [5.41, 5.74) is 1.50. The molecule has 0 spiro atoms. The minimum absolute atomic E-state index is 0.0900. The molecular weight excluding hydrogens is 322 g/mol. The van der Waals surface area contributed by atoms with Gasteiger partial charge in [-0.05, 0) is 23.3 Å². The number of carbonyl (C=O) groups is 2. The summed E-state index contributed by atoms with van der Waals surface area (Å²) >= 11 is 0. The van der Waals surface area contributed by atoms with Crippen LogP contribution >= 0.6 is 0 Å². The van der Waals surface area contributed by atoms with E-state index >= 15 is 0 Å². The Balaban J connectivity index is 1.82. The molecule has 132 valence electrons. The van der Waals surface area contributed by atoms with Crippen LogP contribution in [0.25, 0.3) is 0 Å². The number of carboxylic acid groups (broad SMARTS) is 1. The first-order valence-corrected chi connectivity index (χ1v) is 7.88. The van der Waals surface area contributed by atoms with E-state index < -0.39 is 12.0 Å². The first kappa shape index (κ1) is 18.5. The van der Waals surface area contributed by atoms with Gasteiger partial charge in [-0.15, -0.1) is 0 Å². The van der Waals surface area contributed by atoms with Crippen LogP contribution in [0.1, 0.15) is 23.6 Å². The molecule has 2 N–H and O–H groups in total. The molecule has 0 heterocycles. The number of benzene rings is 2. The Morgan fingerprint density at radius 3 is 2.36 bits per heavy atom. The topological polar surface area (TPSA) is 84.9 Å². The van der Waals surface area contributed by atoms with Gasteiger partial charge < -0.3 is 19.9 Å². The van der Waals surface area contributed by atoms with Gasteiger partial charge in [-0.2, -0.15) is 0 Å². The molecule has 2 aromatic rings. The van der Waals surface area contributed by atoms with E-state index in [1.165, 1.54) is 7.11 Å². The number of aliphatic carboxylic acids is 1. The zero-order chi connectivity index (χ0) is 18.1. The van der Waals surface area contributed by atoms with Crippen LogP contribution in [0.2, 0.25) is 0 Å². The summed E-state index contributed by atoms with van der Waals surface area (Å²) in [6, 6.07) is 15.0. The Morgan fingerprint density at radius 2 is 1.76 bits per heavy atom. The van der Waals surface area contributed by atoms with Crippen molar-refractivity contribution in [2.75, 3.05) is 13.7 Å². The second-order valence-electron chi connectivity index (χ2n) is 5.40. The summed E-state index contributed by atoms with van der Waals surface area (Å²) in [6.07, 6.45) is 0.0900. The highest BCUT2D eigenvalue weighted by atomic mass is 16.5. The van der Waals surface area contributed by atoms with Gasteiger partial charge in [-0.1, -0.05) is 42.5 Å². The van der Waals surface area contributed by atoms with E-state index in [9.17, 15) is 14.7 Å². The van der Waals surface area contributed by atoms with E-state index in [0.717, 1.165) is 5.56 Å². The van der Waals surface area contributed by atoms with Crippen LogP contribution in [0.4, 0.5) is 0 Å². The fraction of sp³-hybridized carbons (Fsp3) is 0.263. The monoisotopic (exact) mass is 343 g/mol. The molecule has 1 atom stereocenters. The van der Waals surface area contributed by atoms with Crippen LogP contribution in [0.3, 0.4) is 0 Å². The molecule has 2 aromatic carbocycles. The number of amides is 1. The lowest BCUT2D eigenvalue weighted by molar-refractivity contribution is -0.142. The molecule has 0 fully saturated rings. The number of carbonyl (C=O) groups excluding carboxylic acids is 1. The quantitative estimate of drug-likeness (QED) is 0.684. The fourth-order valence-electron chi connectivity index (χ4n) is 2.25. The molecule has 0 saturated carbocycles. The second-order valence-corrected chi connectivity index (χ2v) is 5.40. The second kappa shape index (κ2) is 9.44. The molecule has 6 nitrogen and oxygen atoms in total. The van der Waals surface area contributed by atoms with Crippen LogP contribution < -0.4 is 10.1 Å². The predicted octanol–water partition coefficient (Wildman–Crippen LogP) is 2.54. The van der Waals surface area contributed by atoms with Crippen molar-refractivity contribution in [3.05, 3.63) is 65.7 Å². The van der Waals surface area contributed by atoms with Crippen molar-refractivity contribution in [2.24, 2.45) is 0 Å². The van der Waals surface area contributed by atoms with Gasteiger partial charge in [0.2, 0.25) is 5.91 Å². The standard InChI is InChI=1S/C19H21NO5/c1-24-16-9-7-15(8-10-16)18(19(22)23)20-17(21)11-12-25-13-14-5-3-2-4-6-14/h2-10,18H,11-13H2,1H3,(H,20,21)(H,22,23). The molecule has 25 heavy (non-hydrogen) atoms. The van der Waals surface area contributed by atoms with Crippen molar-refractivity contribution in [3.8, 4) is 5.75 Å². The Hall–Kier alpha value is -2.86. The summed E-state index contributed by atoms with van der Waals surface area (Å²) in [6.45, 7) is 0.630. The number of hydrogen-bond donors (Lipinski definition) is 2. The first-order valence-electron chi connectivity index (χ1n) is 7.88. The highest BCUT2D eigenvalue weighted by molar-refractivity contribution is 5.84. The predicted molar refractivity (Wildman–Crippen MR) is 92.2 cm³/mol. The summed E-state index contributed by atoms with van der Waals surface area (Å²) in [7, 11) is 1.53. The molecule has 6 heteroatoms. The lowest BCUT2D eigenvalue weighted by atomic mass is 10.1. The number of hydrogen-bond acceptors (Lipinski definition) is 4. The first-order chi connectivity index (χ1) is 12.1. The van der Waals surface area contributed by atoms with Crippen LogP contribution in [-0.4, -0.2) is 30.7 Å². The third-order valence-electron chi connectivity index (χ3n) is 3.59. The lowest BCUT2D eigenvalue weighted by Gasteiger charge is -2.15. The van der Waals surface area contributed by atoms with Gasteiger partial charge in [-0.3, -0.25) is 4.79 Å². The fourth-order valence-corrected chi connectivity index (χ4v) is 2.25. The molecular formula is C19H21NO5. The van der Waals surface area contributed by atoms with Gasteiger partial charge in [-0.25, -0.2) is 4.79 Å². The molecule has 0 aromatic heterocycles. The van der Waals surface area contributed by atoms with Crippen molar-refractivity contribution in [1.82, 2.24) is 5.32 Å². The lowest BCUT2D eigenvalue weighted by Crippen LogP contribution is -2.34. The molecule has 0 radical (unpaired) electrons. The molecule has 0 aliphatic heterocycles. The Morgan fingerprint density at radius 1 is 1.08 bits per heavy atom. The van der Waals surface area contributed by atoms with E-state index in [2.05, 4.69) is 5.32 Å². The zero-order valence-electron chi connectivity index (χ0n) is 14.0. The molecule has 0 saturated heterocycles. The number of ether oxygens (including phenoxy) is 2. The Kier molecular flexibility index (Phi) is 6.98. The van der Waals surface area contributed by atoms with Gasteiger partial charge >= 0.3 is 5.97 Å². The maximum absolute atomic E-state index is 12.0. The number of nitrogens with one attached hydrogen (secondary N) is 1. The number of rotatable bonds is 9. The third-order valence-corrected chi connectivity index (χ3v) is 3.59. The van der Waals surface area contributed by atoms with E-state index in [1.807, 2.05) is 30.3 Å². The summed E-state index contributed by atoms with van der Waals surface area (Å²) in [5.74, 6) is -0.881. The zero-order valence-corrected chi connectivity index (χ0v) is 14.0. The highest BCUT2D eigenvalue weighted by Crippen LogP contribution is 2.18. The van der Waals surface area contributed by atoms with Gasteiger partial charge in [0, 0.05) is 0 Å². The van der Waals surface area contributed by atoms with Crippen molar-refractivity contribution < 1.29 is 24.2 Å². The van der Waals surface area contributed by atoms with Crippen molar-refractivity contribution in [2.45, 2.75) is 19.1 Å². The maximum Gasteiger partial charge on any atom is 0.330 e. The van der Waals surface area contributed by atoms with Crippen LogP contribution in [-0.2, 0) is 20.9 Å². The Bertz CT molecular complexity index is 685. The average Bonchev–Trinajstić information content (AvgIpc) is 2.64. The highest BCUT2D eigenvalue weighted by Gasteiger charge is 2.21. The maximum atomic E-state index is 12.0. The van der Waals surface area contributed by atoms with E-state index in [-0.39, 0.29) is 18.9 Å². The molecule has 0 bridgehead atoms. The Labute approximate surface area is 146 Å². The van der Waals surface area contributed by atoms with Crippen LogP contribution in [0.15, 0.2) is 54.6 Å². The number of carboxylic acids is 1. The van der Waals surface area contributed by atoms with Gasteiger partial charge in [0.1, 0.15) is 5.75 Å². The average molecular weight is 343 g/mol. The third kappa shape index (κ3) is 5.93. The molecule has 1 amide bonds. The van der Waals surface area contributed by atoms with Gasteiger partial charge in [0.05, 0.1) is 26.7 Å². The SMILES string of the molecule is COc1ccc(C(NC(=O)CCOCc2ccccc2)C(=O)O)cc1. The van der Waals surface area contributed by atoms with Gasteiger partial charge in [0.25, 0.3) is 0 Å². The van der Waals surface area contributed by atoms with Crippen LogP contribution in [0, 0.1) is 0 Å². The van der Waals surface area contributed by atoms with Crippen LogP contribution in [0.5, 0.6) is 5.75 Å². The van der Waals surface area contributed by atoms with E-state index in [4.69, 9.17) is 9.47 Å². The summed E-state index contributed by atoms with van der Waals surface area (Å²) in [5, 5.41) is 11.9. The molecule has 2 rings (SSSR count).